The minimum Gasteiger partial charge on any atom is -0.494 e. The molecule has 4 heteroatoms. The van der Waals surface area contributed by atoms with Gasteiger partial charge in [0.05, 0.1) is 13.7 Å². The third-order valence-corrected chi connectivity index (χ3v) is 2.48. The first-order chi connectivity index (χ1) is 8.62. The summed E-state index contributed by atoms with van der Waals surface area (Å²) < 4.78 is 23.2. The molecule has 1 aromatic carbocycles. The summed E-state index contributed by atoms with van der Waals surface area (Å²) in [5.41, 5.74) is 1.57. The summed E-state index contributed by atoms with van der Waals surface area (Å²) in [6, 6.07) is 2.99. The van der Waals surface area contributed by atoms with Crippen LogP contribution >= 0.6 is 0 Å². The van der Waals surface area contributed by atoms with E-state index >= 15 is 0 Å². The standard InChI is InChI=1S/C14H17FO3/c1-4-10-9-13(17-3)12(15)8-11(10)6-7-14(16)18-5-2/h6-9H,4-5H2,1-3H3. The molecule has 0 N–H and O–H groups in total. The maximum absolute atomic E-state index is 13.6. The lowest BCUT2D eigenvalue weighted by molar-refractivity contribution is -0.137. The summed E-state index contributed by atoms with van der Waals surface area (Å²) >= 11 is 0. The third-order valence-electron chi connectivity index (χ3n) is 2.48. The molecule has 0 aliphatic carbocycles. The van der Waals surface area contributed by atoms with Gasteiger partial charge in [-0.2, -0.15) is 0 Å². The summed E-state index contributed by atoms with van der Waals surface area (Å²) in [5, 5.41) is 0. The van der Waals surface area contributed by atoms with Crippen LogP contribution in [0.4, 0.5) is 4.39 Å². The van der Waals surface area contributed by atoms with Crippen molar-refractivity contribution in [1.82, 2.24) is 0 Å². The van der Waals surface area contributed by atoms with Crippen molar-refractivity contribution in [1.29, 1.82) is 0 Å². The molecule has 3 nitrogen and oxygen atoms in total. The molecule has 0 saturated carbocycles. The Bertz CT molecular complexity index is 453. The highest BCUT2D eigenvalue weighted by Crippen LogP contribution is 2.23. The van der Waals surface area contributed by atoms with Crippen molar-refractivity contribution >= 4 is 12.0 Å². The van der Waals surface area contributed by atoms with E-state index in [1.54, 1.807) is 19.1 Å². The van der Waals surface area contributed by atoms with Gasteiger partial charge in [0.1, 0.15) is 0 Å². The van der Waals surface area contributed by atoms with Gasteiger partial charge in [0.15, 0.2) is 11.6 Å². The van der Waals surface area contributed by atoms with E-state index in [0.717, 1.165) is 12.0 Å². The Balaban J connectivity index is 3.01. The van der Waals surface area contributed by atoms with E-state index < -0.39 is 11.8 Å². The maximum Gasteiger partial charge on any atom is 0.330 e. The highest BCUT2D eigenvalue weighted by Gasteiger charge is 2.07. The maximum atomic E-state index is 13.6. The van der Waals surface area contributed by atoms with Gasteiger partial charge < -0.3 is 9.47 Å². The van der Waals surface area contributed by atoms with Crippen molar-refractivity contribution in [3.8, 4) is 5.75 Å². The first-order valence-corrected chi connectivity index (χ1v) is 5.83. The van der Waals surface area contributed by atoms with Crippen molar-refractivity contribution < 1.29 is 18.7 Å². The van der Waals surface area contributed by atoms with Crippen LogP contribution < -0.4 is 4.74 Å². The van der Waals surface area contributed by atoms with Crippen molar-refractivity contribution in [3.63, 3.8) is 0 Å². The van der Waals surface area contributed by atoms with Crippen LogP contribution in [0, 0.1) is 5.82 Å². The number of carbonyl (C=O) groups is 1. The highest BCUT2D eigenvalue weighted by atomic mass is 19.1. The van der Waals surface area contributed by atoms with Crippen molar-refractivity contribution in [2.24, 2.45) is 0 Å². The molecule has 0 fully saturated rings. The van der Waals surface area contributed by atoms with E-state index in [-0.39, 0.29) is 5.75 Å². The number of hydrogen-bond donors (Lipinski definition) is 0. The smallest absolute Gasteiger partial charge is 0.330 e. The van der Waals surface area contributed by atoms with E-state index in [4.69, 9.17) is 9.47 Å². The van der Waals surface area contributed by atoms with Crippen LogP contribution in [0.15, 0.2) is 18.2 Å². The summed E-state index contributed by atoms with van der Waals surface area (Å²) in [7, 11) is 1.42. The molecule has 0 spiro atoms. The minimum absolute atomic E-state index is 0.208. The Hall–Kier alpha value is -1.84. The number of rotatable bonds is 5. The molecule has 0 aliphatic heterocycles. The molecule has 18 heavy (non-hydrogen) atoms. The quantitative estimate of drug-likeness (QED) is 0.597. The Morgan fingerprint density at radius 2 is 2.11 bits per heavy atom. The highest BCUT2D eigenvalue weighted by molar-refractivity contribution is 5.87. The number of methoxy groups -OCH3 is 1. The van der Waals surface area contributed by atoms with Gasteiger partial charge in [-0.3, -0.25) is 0 Å². The minimum atomic E-state index is -0.446. The number of hydrogen-bond acceptors (Lipinski definition) is 3. The molecule has 98 valence electrons. The fourth-order valence-electron chi connectivity index (χ4n) is 1.58. The van der Waals surface area contributed by atoms with Crippen LogP contribution in [0.3, 0.4) is 0 Å². The monoisotopic (exact) mass is 252 g/mol. The van der Waals surface area contributed by atoms with Gasteiger partial charge in [-0.25, -0.2) is 9.18 Å². The Kier molecular flexibility index (Phi) is 5.36. The van der Waals surface area contributed by atoms with Gasteiger partial charge in [0, 0.05) is 6.08 Å². The van der Waals surface area contributed by atoms with Gasteiger partial charge >= 0.3 is 5.97 Å². The van der Waals surface area contributed by atoms with Crippen molar-refractivity contribution in [2.75, 3.05) is 13.7 Å². The van der Waals surface area contributed by atoms with E-state index in [1.807, 2.05) is 6.92 Å². The molecule has 0 radical (unpaired) electrons. The molecule has 0 bridgehead atoms. The van der Waals surface area contributed by atoms with Crippen LogP contribution in [0.5, 0.6) is 5.75 Å². The second kappa shape index (κ2) is 6.79. The number of aryl methyl sites for hydroxylation is 1. The average Bonchev–Trinajstić information content (AvgIpc) is 2.36. The average molecular weight is 252 g/mol. The molecule has 0 amide bonds. The fourth-order valence-corrected chi connectivity index (χ4v) is 1.58. The van der Waals surface area contributed by atoms with Crippen LogP contribution in [0.1, 0.15) is 25.0 Å². The first kappa shape index (κ1) is 14.2. The number of benzene rings is 1. The molecule has 0 aliphatic rings. The summed E-state index contributed by atoms with van der Waals surface area (Å²) in [6.07, 6.45) is 3.57. The number of ether oxygens (including phenoxy) is 2. The van der Waals surface area contributed by atoms with Crippen molar-refractivity contribution in [3.05, 3.63) is 35.2 Å². The molecule has 0 saturated heterocycles. The van der Waals surface area contributed by atoms with Crippen molar-refractivity contribution in [2.45, 2.75) is 20.3 Å². The van der Waals surface area contributed by atoms with Gasteiger partial charge in [-0.1, -0.05) is 6.92 Å². The third kappa shape index (κ3) is 3.58. The van der Waals surface area contributed by atoms with Gasteiger partial charge in [-0.05, 0) is 42.7 Å². The largest absolute Gasteiger partial charge is 0.494 e. The zero-order chi connectivity index (χ0) is 13.5. The lowest BCUT2D eigenvalue weighted by Gasteiger charge is -2.08. The van der Waals surface area contributed by atoms with Crippen LogP contribution in [-0.4, -0.2) is 19.7 Å². The number of carbonyl (C=O) groups excluding carboxylic acids is 1. The zero-order valence-corrected chi connectivity index (χ0v) is 10.8. The molecule has 0 heterocycles. The molecule has 0 unspecified atom stereocenters. The predicted molar refractivity (Wildman–Crippen MR) is 68.0 cm³/mol. The molecule has 0 atom stereocenters. The van der Waals surface area contributed by atoms with Gasteiger partial charge in [-0.15, -0.1) is 0 Å². The first-order valence-electron chi connectivity index (χ1n) is 5.83. The lowest BCUT2D eigenvalue weighted by Crippen LogP contribution is -1.99. The number of halogens is 1. The Morgan fingerprint density at radius 3 is 2.67 bits per heavy atom. The SMILES string of the molecule is CCOC(=O)C=Cc1cc(F)c(OC)cc1CC. The fraction of sp³-hybridized carbons (Fsp3) is 0.357. The summed E-state index contributed by atoms with van der Waals surface area (Å²) in [6.45, 7) is 4.01. The summed E-state index contributed by atoms with van der Waals surface area (Å²) in [5.74, 6) is -0.672. The molecule has 1 rings (SSSR count). The van der Waals surface area contributed by atoms with E-state index in [0.29, 0.717) is 12.2 Å². The van der Waals surface area contributed by atoms with E-state index in [9.17, 15) is 9.18 Å². The molecular formula is C14H17FO3. The van der Waals surface area contributed by atoms with E-state index in [2.05, 4.69) is 0 Å². The molecular weight excluding hydrogens is 235 g/mol. The van der Waals surface area contributed by atoms with Gasteiger partial charge in [0.25, 0.3) is 0 Å². The lowest BCUT2D eigenvalue weighted by atomic mass is 10.0. The van der Waals surface area contributed by atoms with Crippen LogP contribution in [0.25, 0.3) is 6.08 Å². The zero-order valence-electron chi connectivity index (χ0n) is 10.8. The second-order valence-corrected chi connectivity index (χ2v) is 3.62. The van der Waals surface area contributed by atoms with Crippen LogP contribution in [0.2, 0.25) is 0 Å². The molecule has 1 aromatic rings. The number of esters is 1. The Labute approximate surface area is 106 Å². The molecule has 0 aromatic heterocycles. The second-order valence-electron chi connectivity index (χ2n) is 3.62. The topological polar surface area (TPSA) is 35.5 Å². The normalized spacial score (nSPS) is 10.7. The van der Waals surface area contributed by atoms with E-state index in [1.165, 1.54) is 19.3 Å². The van der Waals surface area contributed by atoms with Gasteiger partial charge in [0.2, 0.25) is 0 Å². The Morgan fingerprint density at radius 1 is 1.39 bits per heavy atom. The van der Waals surface area contributed by atoms with Crippen LogP contribution in [-0.2, 0) is 16.0 Å². The summed E-state index contributed by atoms with van der Waals surface area (Å²) in [4.78, 5) is 11.2. The predicted octanol–water partition coefficient (Wildman–Crippen LogP) is 2.97.